The summed E-state index contributed by atoms with van der Waals surface area (Å²) in [7, 11) is 3.33. The van der Waals surface area contributed by atoms with Crippen LogP contribution in [0.1, 0.15) is 16.7 Å². The number of hydrogen-bond donors (Lipinski definition) is 1. The van der Waals surface area contributed by atoms with E-state index in [4.69, 9.17) is 15.2 Å². The molecule has 1 heterocycles. The van der Waals surface area contributed by atoms with Crippen LogP contribution in [0.3, 0.4) is 0 Å². The second kappa shape index (κ2) is 6.28. The van der Waals surface area contributed by atoms with Crippen LogP contribution in [0.15, 0.2) is 36.4 Å². The highest BCUT2D eigenvalue weighted by Crippen LogP contribution is 2.29. The molecule has 0 aromatic heterocycles. The first-order valence-electron chi connectivity index (χ1n) is 7.50. The second-order valence-corrected chi connectivity index (χ2v) is 5.68. The van der Waals surface area contributed by atoms with E-state index < -0.39 is 0 Å². The predicted molar refractivity (Wildman–Crippen MR) is 88.2 cm³/mol. The number of anilines is 1. The quantitative estimate of drug-likeness (QED) is 0.862. The average molecular weight is 298 g/mol. The zero-order chi connectivity index (χ0) is 15.5. The number of methoxy groups -OCH3 is 2. The molecule has 4 nitrogen and oxygen atoms in total. The Morgan fingerprint density at radius 2 is 1.73 bits per heavy atom. The predicted octanol–water partition coefficient (Wildman–Crippen LogP) is 2.84. The Labute approximate surface area is 131 Å². The molecule has 0 amide bonds. The molecule has 0 bridgehead atoms. The number of nitrogens with two attached hydrogens (primary N) is 1. The Hall–Kier alpha value is -2.20. The number of benzene rings is 2. The zero-order valence-corrected chi connectivity index (χ0v) is 13.1. The second-order valence-electron chi connectivity index (χ2n) is 5.68. The first-order valence-corrected chi connectivity index (χ1v) is 7.50. The van der Waals surface area contributed by atoms with Crippen LogP contribution in [-0.2, 0) is 19.5 Å². The fourth-order valence-electron chi connectivity index (χ4n) is 2.97. The van der Waals surface area contributed by atoms with E-state index in [1.807, 2.05) is 12.1 Å². The highest BCUT2D eigenvalue weighted by molar-refractivity contribution is 5.46. The van der Waals surface area contributed by atoms with Crippen LogP contribution >= 0.6 is 0 Å². The van der Waals surface area contributed by atoms with Crippen molar-refractivity contribution in [3.63, 3.8) is 0 Å². The van der Waals surface area contributed by atoms with Crippen molar-refractivity contribution in [2.75, 3.05) is 26.5 Å². The van der Waals surface area contributed by atoms with Gasteiger partial charge in [0.2, 0.25) is 0 Å². The molecule has 0 spiro atoms. The molecular weight excluding hydrogens is 276 g/mol. The number of fused-ring (bicyclic) bond motifs is 1. The van der Waals surface area contributed by atoms with Gasteiger partial charge < -0.3 is 15.2 Å². The Morgan fingerprint density at radius 1 is 0.955 bits per heavy atom. The third-order valence-corrected chi connectivity index (χ3v) is 4.18. The van der Waals surface area contributed by atoms with Crippen LogP contribution < -0.4 is 15.2 Å². The number of rotatable bonds is 5. The van der Waals surface area contributed by atoms with E-state index in [1.165, 1.54) is 16.7 Å². The van der Waals surface area contributed by atoms with Crippen LogP contribution in [0.4, 0.5) is 5.69 Å². The van der Waals surface area contributed by atoms with E-state index in [-0.39, 0.29) is 0 Å². The van der Waals surface area contributed by atoms with Crippen molar-refractivity contribution in [1.29, 1.82) is 0 Å². The van der Waals surface area contributed by atoms with E-state index in [1.54, 1.807) is 14.2 Å². The molecular formula is C18H22N2O2. The first-order chi connectivity index (χ1) is 10.7. The third-order valence-electron chi connectivity index (χ3n) is 4.18. The molecule has 4 heteroatoms. The Balaban J connectivity index is 1.62. The molecule has 0 saturated heterocycles. The molecule has 3 rings (SSSR count). The Bertz CT molecular complexity index is 670. The van der Waals surface area contributed by atoms with Crippen molar-refractivity contribution in [2.24, 2.45) is 0 Å². The van der Waals surface area contributed by atoms with Crippen molar-refractivity contribution in [1.82, 2.24) is 4.90 Å². The summed E-state index contributed by atoms with van der Waals surface area (Å²) < 4.78 is 10.6. The van der Waals surface area contributed by atoms with Crippen molar-refractivity contribution in [3.05, 3.63) is 53.1 Å². The molecule has 116 valence electrons. The molecule has 0 saturated carbocycles. The SMILES string of the molecule is COc1ccc(CCN2Cc3ccc(N)cc3C2)cc1OC. The van der Waals surface area contributed by atoms with Gasteiger partial charge in [-0.2, -0.15) is 0 Å². The van der Waals surface area contributed by atoms with E-state index in [0.29, 0.717) is 0 Å². The lowest BCUT2D eigenvalue weighted by molar-refractivity contribution is 0.287. The molecule has 0 aliphatic carbocycles. The van der Waals surface area contributed by atoms with Gasteiger partial charge in [0.05, 0.1) is 14.2 Å². The van der Waals surface area contributed by atoms with Crippen LogP contribution in [0.2, 0.25) is 0 Å². The van der Waals surface area contributed by atoms with Gasteiger partial charge in [0.1, 0.15) is 0 Å². The number of nitrogens with zero attached hydrogens (tertiary/aromatic N) is 1. The van der Waals surface area contributed by atoms with Crippen molar-refractivity contribution >= 4 is 5.69 Å². The molecule has 22 heavy (non-hydrogen) atoms. The van der Waals surface area contributed by atoms with Gasteiger partial charge in [-0.15, -0.1) is 0 Å². The maximum Gasteiger partial charge on any atom is 0.160 e. The molecule has 2 N–H and O–H groups in total. The minimum atomic E-state index is 0.773. The smallest absolute Gasteiger partial charge is 0.160 e. The highest BCUT2D eigenvalue weighted by atomic mass is 16.5. The lowest BCUT2D eigenvalue weighted by Gasteiger charge is -2.15. The topological polar surface area (TPSA) is 47.7 Å². The van der Waals surface area contributed by atoms with Crippen LogP contribution in [0.5, 0.6) is 11.5 Å². The largest absolute Gasteiger partial charge is 0.493 e. The lowest BCUT2D eigenvalue weighted by Crippen LogP contribution is -2.19. The average Bonchev–Trinajstić information content (AvgIpc) is 2.94. The summed E-state index contributed by atoms with van der Waals surface area (Å²) in [4.78, 5) is 2.45. The minimum absolute atomic E-state index is 0.773. The summed E-state index contributed by atoms with van der Waals surface area (Å²) in [5.41, 5.74) is 10.7. The van der Waals surface area contributed by atoms with E-state index in [0.717, 1.165) is 43.2 Å². The van der Waals surface area contributed by atoms with E-state index >= 15 is 0 Å². The van der Waals surface area contributed by atoms with E-state index in [2.05, 4.69) is 29.2 Å². The summed E-state index contributed by atoms with van der Waals surface area (Å²) in [5.74, 6) is 1.56. The molecule has 2 aromatic rings. The lowest BCUT2D eigenvalue weighted by atomic mass is 10.1. The maximum absolute atomic E-state index is 5.86. The molecule has 1 aliphatic rings. The summed E-state index contributed by atoms with van der Waals surface area (Å²) in [6.07, 6.45) is 0.990. The minimum Gasteiger partial charge on any atom is -0.493 e. The fraction of sp³-hybridized carbons (Fsp3) is 0.333. The molecule has 0 unspecified atom stereocenters. The zero-order valence-electron chi connectivity index (χ0n) is 13.1. The third kappa shape index (κ3) is 3.02. The number of ether oxygens (including phenoxy) is 2. The molecule has 0 radical (unpaired) electrons. The molecule has 0 atom stereocenters. The van der Waals surface area contributed by atoms with Gasteiger partial charge in [-0.25, -0.2) is 0 Å². The highest BCUT2D eigenvalue weighted by Gasteiger charge is 2.18. The van der Waals surface area contributed by atoms with Gasteiger partial charge in [-0.3, -0.25) is 4.90 Å². The Kier molecular flexibility index (Phi) is 4.20. The summed E-state index contributed by atoms with van der Waals surface area (Å²) in [6.45, 7) is 3.00. The van der Waals surface area contributed by atoms with E-state index in [9.17, 15) is 0 Å². The van der Waals surface area contributed by atoms with Gasteiger partial charge in [-0.05, 0) is 47.4 Å². The standard InChI is InChI=1S/C18H22N2O2/c1-21-17-6-3-13(9-18(17)22-2)7-8-20-11-14-4-5-16(19)10-15(14)12-20/h3-6,9-10H,7-8,11-12,19H2,1-2H3. The van der Waals surface area contributed by atoms with Crippen molar-refractivity contribution in [2.45, 2.75) is 19.5 Å². The van der Waals surface area contributed by atoms with Crippen LogP contribution in [0, 0.1) is 0 Å². The fourth-order valence-corrected chi connectivity index (χ4v) is 2.97. The van der Waals surface area contributed by atoms with Gasteiger partial charge in [0.25, 0.3) is 0 Å². The number of hydrogen-bond acceptors (Lipinski definition) is 4. The summed E-state index contributed by atoms with van der Waals surface area (Å²) in [6, 6.07) is 12.3. The summed E-state index contributed by atoms with van der Waals surface area (Å²) >= 11 is 0. The first kappa shape index (κ1) is 14.7. The van der Waals surface area contributed by atoms with Gasteiger partial charge in [0, 0.05) is 25.3 Å². The molecule has 1 aliphatic heterocycles. The summed E-state index contributed by atoms with van der Waals surface area (Å²) in [5, 5.41) is 0. The maximum atomic E-state index is 5.86. The molecule has 0 fully saturated rings. The monoisotopic (exact) mass is 298 g/mol. The van der Waals surface area contributed by atoms with Gasteiger partial charge >= 0.3 is 0 Å². The van der Waals surface area contributed by atoms with Gasteiger partial charge in [0.15, 0.2) is 11.5 Å². The molecule has 2 aromatic carbocycles. The van der Waals surface area contributed by atoms with Crippen LogP contribution in [-0.4, -0.2) is 25.7 Å². The Morgan fingerprint density at radius 3 is 2.50 bits per heavy atom. The number of nitrogen functional groups attached to an aromatic ring is 1. The normalized spacial score (nSPS) is 13.9. The van der Waals surface area contributed by atoms with Crippen LogP contribution in [0.25, 0.3) is 0 Å². The van der Waals surface area contributed by atoms with Crippen molar-refractivity contribution < 1.29 is 9.47 Å². The van der Waals surface area contributed by atoms with Crippen molar-refractivity contribution in [3.8, 4) is 11.5 Å². The van der Waals surface area contributed by atoms with Gasteiger partial charge in [-0.1, -0.05) is 12.1 Å².